The summed E-state index contributed by atoms with van der Waals surface area (Å²) < 4.78 is 0. The zero-order chi connectivity index (χ0) is 43.2. The molecule has 10 rings (SSSR count). The van der Waals surface area contributed by atoms with Gasteiger partial charge in [0, 0.05) is 0 Å². The molecule has 0 aliphatic heterocycles. The topological polar surface area (TPSA) is 87.1 Å². The third kappa shape index (κ3) is 6.93. The van der Waals surface area contributed by atoms with Crippen molar-refractivity contribution in [1.29, 1.82) is 0 Å². The summed E-state index contributed by atoms with van der Waals surface area (Å²) in [4.78, 5) is 38.7. The second kappa shape index (κ2) is 16.1. The molecule has 0 saturated carbocycles. The van der Waals surface area contributed by atoms with Crippen molar-refractivity contribution in [3.63, 3.8) is 0 Å². The highest BCUT2D eigenvalue weighted by Gasteiger charge is 2.26. The van der Waals surface area contributed by atoms with Gasteiger partial charge in [0.2, 0.25) is 0 Å². The lowest BCUT2D eigenvalue weighted by Gasteiger charge is -2.28. The van der Waals surface area contributed by atoms with E-state index in [0.717, 1.165) is 67.5 Å². The maximum Gasteiger partial charge on any atom is 0.156 e. The summed E-state index contributed by atoms with van der Waals surface area (Å²) in [6.07, 6.45) is 5.50. The fourth-order valence-electron chi connectivity index (χ4n) is 8.49. The van der Waals surface area contributed by atoms with E-state index in [1.165, 1.54) is 0 Å². The molecular formula is C54H45N9. The van der Waals surface area contributed by atoms with Gasteiger partial charge in [-0.3, -0.25) is 14.7 Å². The Bertz CT molecular complexity index is 2840. The lowest BCUT2D eigenvalue weighted by atomic mass is 10.1. The van der Waals surface area contributed by atoms with Crippen LogP contribution >= 0.6 is 0 Å². The van der Waals surface area contributed by atoms with Gasteiger partial charge in [0.1, 0.15) is 33.1 Å². The van der Waals surface area contributed by atoms with Crippen molar-refractivity contribution in [3.05, 3.63) is 198 Å². The molecule has 3 heterocycles. The molecule has 0 amide bonds. The Hall–Kier alpha value is -8.04. The molecule has 0 radical (unpaired) electrons. The fourth-order valence-corrected chi connectivity index (χ4v) is 8.49. The molecular weight excluding hydrogens is 775 g/mol. The Labute approximate surface area is 367 Å². The molecule has 0 N–H and O–H groups in total. The molecule has 10 aromatic rings. The molecule has 306 valence electrons. The maximum absolute atomic E-state index is 5.49. The van der Waals surface area contributed by atoms with E-state index in [-0.39, 0.29) is 0 Å². The van der Waals surface area contributed by atoms with Gasteiger partial charge in [-0.05, 0) is 111 Å². The molecule has 63 heavy (non-hydrogen) atoms. The zero-order valence-electron chi connectivity index (χ0n) is 36.1. The molecule has 3 aromatic heterocycles. The second-order valence-corrected chi connectivity index (χ2v) is 16.0. The average molecular weight is 820 g/mol. The van der Waals surface area contributed by atoms with Crippen LogP contribution in [0, 0.1) is 41.5 Å². The number of rotatable bonds is 9. The van der Waals surface area contributed by atoms with Gasteiger partial charge in [0.05, 0.1) is 52.7 Å². The molecule has 9 heteroatoms. The van der Waals surface area contributed by atoms with Crippen molar-refractivity contribution in [3.8, 4) is 0 Å². The van der Waals surface area contributed by atoms with E-state index in [4.69, 9.17) is 29.9 Å². The predicted molar refractivity (Wildman–Crippen MR) is 258 cm³/mol. The van der Waals surface area contributed by atoms with Crippen LogP contribution in [0.2, 0.25) is 0 Å². The van der Waals surface area contributed by atoms with Crippen molar-refractivity contribution in [2.45, 2.75) is 41.5 Å². The SMILES string of the molecule is Cc1ccccc1N(c1cnc2c(n1)c1ncc(N(c3ccccc3C)c3ccccc3C)nc1c1ncc(N(c3ccccc3C)c3ccccc3C)nc21)c1ccccc1C. The second-order valence-electron chi connectivity index (χ2n) is 16.0. The molecule has 7 aromatic carbocycles. The van der Waals surface area contributed by atoms with Crippen molar-refractivity contribution < 1.29 is 0 Å². The van der Waals surface area contributed by atoms with Crippen LogP contribution in [-0.2, 0) is 0 Å². The van der Waals surface area contributed by atoms with E-state index in [2.05, 4.69) is 202 Å². The minimum Gasteiger partial charge on any atom is -0.293 e. The smallest absolute Gasteiger partial charge is 0.156 e. The Morgan fingerprint density at radius 3 is 0.635 bits per heavy atom. The fraction of sp³-hybridized carbons (Fsp3) is 0.111. The Morgan fingerprint density at radius 2 is 0.444 bits per heavy atom. The van der Waals surface area contributed by atoms with Crippen LogP contribution in [0.4, 0.5) is 51.6 Å². The van der Waals surface area contributed by atoms with Crippen molar-refractivity contribution >= 4 is 84.7 Å². The molecule has 0 saturated heterocycles. The molecule has 9 nitrogen and oxygen atoms in total. The number of nitrogens with zero attached hydrogens (tertiary/aromatic N) is 9. The highest BCUT2D eigenvalue weighted by molar-refractivity contribution is 6.18. The van der Waals surface area contributed by atoms with E-state index < -0.39 is 0 Å². The van der Waals surface area contributed by atoms with E-state index >= 15 is 0 Å². The maximum atomic E-state index is 5.49. The lowest BCUT2D eigenvalue weighted by Crippen LogP contribution is -2.16. The Kier molecular flexibility index (Phi) is 10.00. The first-order valence-electron chi connectivity index (χ1n) is 21.1. The summed E-state index contributed by atoms with van der Waals surface area (Å²) in [5, 5.41) is 0. The number of anilines is 9. The number of hydrogen-bond donors (Lipinski definition) is 0. The van der Waals surface area contributed by atoms with Gasteiger partial charge in [-0.25, -0.2) is 29.9 Å². The highest BCUT2D eigenvalue weighted by atomic mass is 15.2. The van der Waals surface area contributed by atoms with Crippen LogP contribution in [-0.4, -0.2) is 29.9 Å². The van der Waals surface area contributed by atoms with Crippen LogP contribution in [0.1, 0.15) is 33.4 Å². The van der Waals surface area contributed by atoms with Crippen molar-refractivity contribution in [2.75, 3.05) is 14.7 Å². The van der Waals surface area contributed by atoms with Crippen LogP contribution in [0.25, 0.3) is 33.1 Å². The first kappa shape index (κ1) is 39.1. The molecule has 0 aliphatic rings. The third-order valence-corrected chi connectivity index (χ3v) is 11.8. The van der Waals surface area contributed by atoms with Gasteiger partial charge in [-0.2, -0.15) is 0 Å². The number of fused-ring (bicyclic) bond motifs is 6. The third-order valence-electron chi connectivity index (χ3n) is 11.8. The summed E-state index contributed by atoms with van der Waals surface area (Å²) in [7, 11) is 0. The summed E-state index contributed by atoms with van der Waals surface area (Å²) in [6, 6.07) is 50.1. The Morgan fingerprint density at radius 1 is 0.254 bits per heavy atom. The summed E-state index contributed by atoms with van der Waals surface area (Å²) in [6.45, 7) is 12.7. The molecule has 0 spiro atoms. The largest absolute Gasteiger partial charge is 0.293 e. The molecule has 0 aliphatic carbocycles. The first-order chi connectivity index (χ1) is 30.8. The Balaban J connectivity index is 1.29. The van der Waals surface area contributed by atoms with Crippen LogP contribution in [0.3, 0.4) is 0 Å². The van der Waals surface area contributed by atoms with Gasteiger partial charge in [-0.15, -0.1) is 0 Å². The normalized spacial score (nSPS) is 11.3. The number of aryl methyl sites for hydroxylation is 6. The minimum absolute atomic E-state index is 0.573. The number of para-hydroxylation sites is 6. The minimum atomic E-state index is 0.573. The summed E-state index contributed by atoms with van der Waals surface area (Å²) >= 11 is 0. The summed E-state index contributed by atoms with van der Waals surface area (Å²) in [5.41, 5.74) is 16.1. The molecule has 0 atom stereocenters. The number of aromatic nitrogens is 6. The number of hydrogen-bond acceptors (Lipinski definition) is 9. The van der Waals surface area contributed by atoms with Crippen LogP contribution in [0.5, 0.6) is 0 Å². The lowest BCUT2D eigenvalue weighted by molar-refractivity contribution is 1.12. The molecule has 0 fully saturated rings. The molecule has 0 unspecified atom stereocenters. The first-order valence-corrected chi connectivity index (χ1v) is 21.1. The van der Waals surface area contributed by atoms with Gasteiger partial charge in [0.25, 0.3) is 0 Å². The van der Waals surface area contributed by atoms with E-state index in [0.29, 0.717) is 50.6 Å². The van der Waals surface area contributed by atoms with Crippen LogP contribution in [0.15, 0.2) is 164 Å². The quantitative estimate of drug-likeness (QED) is 0.132. The van der Waals surface area contributed by atoms with E-state index in [1.807, 2.05) is 18.6 Å². The standard InChI is InChI=1S/C54H45N9/c1-34-19-7-13-25-40(34)61(41-26-14-8-20-35(41)2)46-31-55-49-52(58-46)50-54(60-47(32-56-50)62(42-27-15-9-21-36(42)3)43-28-16-10-22-37(43)4)51-53(49)59-48(33-57-51)63(44-29-17-11-23-38(44)5)45-30-18-12-24-39(45)6/h7-33H,1-6H3. The predicted octanol–water partition coefficient (Wildman–Crippen LogP) is 13.8. The van der Waals surface area contributed by atoms with E-state index in [1.54, 1.807) is 0 Å². The van der Waals surface area contributed by atoms with Gasteiger partial charge >= 0.3 is 0 Å². The monoisotopic (exact) mass is 819 g/mol. The van der Waals surface area contributed by atoms with Crippen molar-refractivity contribution in [1.82, 2.24) is 29.9 Å². The number of benzene rings is 7. The van der Waals surface area contributed by atoms with Crippen molar-refractivity contribution in [2.24, 2.45) is 0 Å². The molecule has 0 bridgehead atoms. The van der Waals surface area contributed by atoms with E-state index in [9.17, 15) is 0 Å². The average Bonchev–Trinajstić information content (AvgIpc) is 3.30. The van der Waals surface area contributed by atoms with Gasteiger partial charge in [-0.1, -0.05) is 109 Å². The zero-order valence-corrected chi connectivity index (χ0v) is 36.1. The van der Waals surface area contributed by atoms with Gasteiger partial charge < -0.3 is 0 Å². The van der Waals surface area contributed by atoms with Crippen LogP contribution < -0.4 is 14.7 Å². The highest BCUT2D eigenvalue weighted by Crippen LogP contribution is 2.43. The van der Waals surface area contributed by atoms with Gasteiger partial charge in [0.15, 0.2) is 17.5 Å². The summed E-state index contributed by atoms with van der Waals surface area (Å²) in [5.74, 6) is 1.93.